The van der Waals surface area contributed by atoms with Crippen LogP contribution in [0.5, 0.6) is 0 Å². The molecule has 0 aromatic carbocycles. The molecular formula is C15H30N2O. The number of piperidine rings is 1. The molecule has 2 fully saturated rings. The Morgan fingerprint density at radius 1 is 1.22 bits per heavy atom. The van der Waals surface area contributed by atoms with Crippen LogP contribution < -0.4 is 5.32 Å². The molecule has 3 heteroatoms. The number of nitrogens with one attached hydrogen (secondary N) is 1. The predicted molar refractivity (Wildman–Crippen MR) is 75.9 cm³/mol. The fourth-order valence-corrected chi connectivity index (χ4v) is 3.37. The summed E-state index contributed by atoms with van der Waals surface area (Å²) in [5.41, 5.74) is 0. The Morgan fingerprint density at radius 3 is 2.78 bits per heavy atom. The maximum atomic E-state index is 5.81. The molecule has 0 amide bonds. The first-order valence-corrected chi connectivity index (χ1v) is 7.91. The number of nitrogens with zero attached hydrogens (tertiary/aromatic N) is 1. The zero-order valence-electron chi connectivity index (χ0n) is 12.2. The minimum absolute atomic E-state index is 0.494. The number of hydrogen-bond acceptors (Lipinski definition) is 3. The quantitative estimate of drug-likeness (QED) is 0.705. The predicted octanol–water partition coefficient (Wildman–Crippen LogP) is 2.27. The van der Waals surface area contributed by atoms with Crippen LogP contribution in [0.25, 0.3) is 0 Å². The molecule has 3 unspecified atom stereocenters. The van der Waals surface area contributed by atoms with Gasteiger partial charge in [-0.15, -0.1) is 0 Å². The minimum atomic E-state index is 0.494. The molecule has 3 nitrogen and oxygen atoms in total. The van der Waals surface area contributed by atoms with E-state index in [1.165, 1.54) is 58.3 Å². The van der Waals surface area contributed by atoms with Crippen molar-refractivity contribution < 1.29 is 4.74 Å². The fourth-order valence-electron chi connectivity index (χ4n) is 3.37. The standard InChI is InChI=1S/C15H30N2O/c1-3-9-16-11-13-7-8-15(13)17-10-5-6-14(12-17)18-4-2/h13-16H,3-12H2,1-2H3. The second kappa shape index (κ2) is 7.46. The zero-order valence-corrected chi connectivity index (χ0v) is 12.2. The van der Waals surface area contributed by atoms with Gasteiger partial charge in [-0.2, -0.15) is 0 Å². The third-order valence-corrected chi connectivity index (χ3v) is 4.49. The van der Waals surface area contributed by atoms with Gasteiger partial charge in [-0.1, -0.05) is 6.92 Å². The smallest absolute Gasteiger partial charge is 0.0702 e. The Balaban J connectivity index is 1.73. The van der Waals surface area contributed by atoms with Crippen molar-refractivity contribution in [3.63, 3.8) is 0 Å². The molecule has 1 aliphatic carbocycles. The largest absolute Gasteiger partial charge is 0.377 e. The van der Waals surface area contributed by atoms with E-state index in [2.05, 4.69) is 24.1 Å². The molecule has 18 heavy (non-hydrogen) atoms. The summed E-state index contributed by atoms with van der Waals surface area (Å²) in [6.07, 6.45) is 7.13. The van der Waals surface area contributed by atoms with E-state index in [9.17, 15) is 0 Å². The molecule has 0 bridgehead atoms. The van der Waals surface area contributed by atoms with E-state index in [0.29, 0.717) is 6.10 Å². The maximum absolute atomic E-state index is 5.81. The summed E-state index contributed by atoms with van der Waals surface area (Å²) in [5.74, 6) is 0.886. The Morgan fingerprint density at radius 2 is 2.11 bits per heavy atom. The molecule has 2 aliphatic rings. The molecule has 0 spiro atoms. The Bertz CT molecular complexity index is 233. The van der Waals surface area contributed by atoms with E-state index in [-0.39, 0.29) is 0 Å². The summed E-state index contributed by atoms with van der Waals surface area (Å²) in [4.78, 5) is 2.70. The third kappa shape index (κ3) is 3.69. The van der Waals surface area contributed by atoms with E-state index in [4.69, 9.17) is 4.74 Å². The molecule has 1 N–H and O–H groups in total. The lowest BCUT2D eigenvalue weighted by Crippen LogP contribution is -2.54. The Hall–Kier alpha value is -0.120. The number of rotatable bonds is 7. The number of hydrogen-bond donors (Lipinski definition) is 1. The molecule has 0 aromatic heterocycles. The highest BCUT2D eigenvalue weighted by molar-refractivity contribution is 4.92. The lowest BCUT2D eigenvalue weighted by molar-refractivity contribution is -0.0360. The monoisotopic (exact) mass is 254 g/mol. The lowest BCUT2D eigenvalue weighted by Gasteiger charge is -2.47. The van der Waals surface area contributed by atoms with Crippen LogP contribution in [-0.4, -0.2) is 49.8 Å². The van der Waals surface area contributed by atoms with Gasteiger partial charge in [0.25, 0.3) is 0 Å². The summed E-state index contributed by atoms with van der Waals surface area (Å²) in [5, 5.41) is 3.58. The first-order valence-electron chi connectivity index (χ1n) is 7.91. The highest BCUT2D eigenvalue weighted by atomic mass is 16.5. The normalized spacial score (nSPS) is 33.3. The Labute approximate surface area is 112 Å². The van der Waals surface area contributed by atoms with E-state index in [0.717, 1.165) is 18.6 Å². The van der Waals surface area contributed by atoms with Gasteiger partial charge >= 0.3 is 0 Å². The van der Waals surface area contributed by atoms with Gasteiger partial charge < -0.3 is 10.1 Å². The molecule has 1 saturated carbocycles. The maximum Gasteiger partial charge on any atom is 0.0702 e. The van der Waals surface area contributed by atoms with Gasteiger partial charge in [-0.25, -0.2) is 0 Å². The summed E-state index contributed by atoms with van der Waals surface area (Å²) in [6.45, 7) is 10.1. The molecule has 1 heterocycles. The molecule has 0 aromatic rings. The van der Waals surface area contributed by atoms with E-state index >= 15 is 0 Å². The van der Waals surface area contributed by atoms with Crippen molar-refractivity contribution in [2.45, 2.75) is 58.1 Å². The molecular weight excluding hydrogens is 224 g/mol. The van der Waals surface area contributed by atoms with Gasteiger partial charge in [0, 0.05) is 19.2 Å². The molecule has 2 rings (SSSR count). The van der Waals surface area contributed by atoms with Gasteiger partial charge in [0.1, 0.15) is 0 Å². The molecule has 1 saturated heterocycles. The first kappa shape index (κ1) is 14.3. The van der Waals surface area contributed by atoms with Crippen LogP contribution in [0.1, 0.15) is 46.0 Å². The zero-order chi connectivity index (χ0) is 12.8. The van der Waals surface area contributed by atoms with Crippen LogP contribution in [0.15, 0.2) is 0 Å². The molecule has 3 atom stereocenters. The summed E-state index contributed by atoms with van der Waals surface area (Å²) in [7, 11) is 0. The third-order valence-electron chi connectivity index (χ3n) is 4.49. The SMILES string of the molecule is CCCNCC1CCC1N1CCCC(OCC)C1. The Kier molecular flexibility index (Phi) is 5.93. The highest BCUT2D eigenvalue weighted by Crippen LogP contribution is 2.33. The number of ether oxygens (including phenoxy) is 1. The second-order valence-electron chi connectivity index (χ2n) is 5.82. The first-order chi connectivity index (χ1) is 8.85. The van der Waals surface area contributed by atoms with Crippen molar-refractivity contribution in [2.75, 3.05) is 32.8 Å². The summed E-state index contributed by atoms with van der Waals surface area (Å²) >= 11 is 0. The van der Waals surface area contributed by atoms with Crippen molar-refractivity contribution >= 4 is 0 Å². The lowest BCUT2D eigenvalue weighted by atomic mass is 9.77. The van der Waals surface area contributed by atoms with E-state index in [1.807, 2.05) is 0 Å². The van der Waals surface area contributed by atoms with E-state index in [1.54, 1.807) is 0 Å². The molecule has 0 radical (unpaired) electrons. The number of likely N-dealkylation sites (tertiary alicyclic amines) is 1. The van der Waals surface area contributed by atoms with Gasteiger partial charge in [0.05, 0.1) is 6.10 Å². The van der Waals surface area contributed by atoms with Crippen molar-refractivity contribution in [3.05, 3.63) is 0 Å². The van der Waals surface area contributed by atoms with Crippen molar-refractivity contribution in [3.8, 4) is 0 Å². The summed E-state index contributed by atoms with van der Waals surface area (Å²) in [6, 6.07) is 0.831. The van der Waals surface area contributed by atoms with Crippen LogP contribution in [0.4, 0.5) is 0 Å². The molecule has 1 aliphatic heterocycles. The van der Waals surface area contributed by atoms with Crippen LogP contribution in [-0.2, 0) is 4.74 Å². The van der Waals surface area contributed by atoms with Gasteiger partial charge in [-0.3, -0.25) is 4.90 Å². The van der Waals surface area contributed by atoms with Gasteiger partial charge in [0.2, 0.25) is 0 Å². The highest BCUT2D eigenvalue weighted by Gasteiger charge is 2.37. The summed E-state index contributed by atoms with van der Waals surface area (Å²) < 4.78 is 5.81. The van der Waals surface area contributed by atoms with Gasteiger partial charge in [-0.05, 0) is 64.6 Å². The second-order valence-corrected chi connectivity index (χ2v) is 5.82. The van der Waals surface area contributed by atoms with Crippen LogP contribution in [0.3, 0.4) is 0 Å². The van der Waals surface area contributed by atoms with Crippen LogP contribution >= 0.6 is 0 Å². The van der Waals surface area contributed by atoms with Crippen LogP contribution in [0.2, 0.25) is 0 Å². The minimum Gasteiger partial charge on any atom is -0.377 e. The van der Waals surface area contributed by atoms with E-state index < -0.39 is 0 Å². The van der Waals surface area contributed by atoms with Crippen molar-refractivity contribution in [2.24, 2.45) is 5.92 Å². The van der Waals surface area contributed by atoms with Crippen molar-refractivity contribution in [1.82, 2.24) is 10.2 Å². The molecule has 106 valence electrons. The average Bonchev–Trinajstić information content (AvgIpc) is 2.34. The average molecular weight is 254 g/mol. The van der Waals surface area contributed by atoms with Crippen LogP contribution in [0, 0.1) is 5.92 Å². The van der Waals surface area contributed by atoms with Crippen molar-refractivity contribution in [1.29, 1.82) is 0 Å². The topological polar surface area (TPSA) is 24.5 Å². The fraction of sp³-hybridized carbons (Fsp3) is 1.00. The van der Waals surface area contributed by atoms with Gasteiger partial charge in [0.15, 0.2) is 0 Å².